The molecular weight excluding hydrogens is 1380 g/mol. The number of halogens is 1. The van der Waals surface area contributed by atoms with Crippen molar-refractivity contribution in [1.82, 2.24) is 14.7 Å². The number of ketones is 3. The number of likely N-dealkylation sites (tertiary alicyclic amines) is 3. The third kappa shape index (κ3) is 17.8. The van der Waals surface area contributed by atoms with Gasteiger partial charge in [-0.1, -0.05) is 94.6 Å². The van der Waals surface area contributed by atoms with Crippen LogP contribution in [0.4, 0.5) is 4.39 Å². The molecule has 0 atom stereocenters. The van der Waals surface area contributed by atoms with Gasteiger partial charge in [0.15, 0.2) is 17.2 Å². The van der Waals surface area contributed by atoms with Crippen LogP contribution in [0.1, 0.15) is 96.9 Å². The van der Waals surface area contributed by atoms with Crippen LogP contribution < -0.4 is 28.4 Å². The number of ether oxygens (including phenoxy) is 6. The van der Waals surface area contributed by atoms with Crippen LogP contribution in [0.25, 0.3) is 30.3 Å². The first-order chi connectivity index (χ1) is 51.0. The number of aromatic hydroxyl groups is 3. The van der Waals surface area contributed by atoms with Gasteiger partial charge >= 0.3 is 0 Å². The molecule has 0 bridgehead atoms. The van der Waals surface area contributed by atoms with E-state index in [1.165, 1.54) is 97.7 Å². The lowest BCUT2D eigenvalue weighted by Crippen LogP contribution is -2.47. The van der Waals surface area contributed by atoms with Crippen LogP contribution in [0, 0.1) is 37.4 Å². The number of fused-ring (bicyclic) bond motifs is 3. The molecule has 3 N–H and O–H groups in total. The van der Waals surface area contributed by atoms with Gasteiger partial charge in [-0.3, -0.25) is 29.1 Å². The Labute approximate surface area is 622 Å². The van der Waals surface area contributed by atoms with Gasteiger partial charge in [0.05, 0.1) is 0 Å². The molecule has 15 nitrogen and oxygen atoms in total. The molecule has 9 aromatic carbocycles. The van der Waals surface area contributed by atoms with E-state index in [1.54, 1.807) is 73.7 Å². The van der Waals surface area contributed by atoms with Gasteiger partial charge in [-0.15, -0.1) is 34.0 Å². The van der Waals surface area contributed by atoms with Gasteiger partial charge in [0.25, 0.3) is 0 Å². The molecule has 3 aliphatic heterocycles. The van der Waals surface area contributed by atoms with Crippen LogP contribution in [0.15, 0.2) is 200 Å². The molecule has 19 heteroatoms. The van der Waals surface area contributed by atoms with Gasteiger partial charge in [-0.2, -0.15) is 0 Å². The molecule has 3 aliphatic rings. The zero-order valence-electron chi connectivity index (χ0n) is 59.4. The monoisotopic (exact) mass is 1470 g/mol. The minimum absolute atomic E-state index is 0.0879. The predicted molar refractivity (Wildman–Crippen MR) is 416 cm³/mol. The SMILES string of the molecule is CCC1CN(CCOc2ccc(Oc3c(C(=O)c4ccc(F)cc4C)sc4cc(O)ccc34)cc2)C1.CCC1CN(CCOc2ccc(Oc3c(C(=O)c4ccccc4)sc4cc(O)ccc34)cc2)C1.CCC1CN(CCOc2ccc(Oc3c(C(=O)c4ccccc4C)sc4cc(O)ccc34)cc2)C1. The van der Waals surface area contributed by atoms with E-state index in [0.717, 1.165) is 104 Å². The molecule has 105 heavy (non-hydrogen) atoms. The summed E-state index contributed by atoms with van der Waals surface area (Å²) in [4.78, 5) is 48.8. The molecule has 0 amide bonds. The Morgan fingerprint density at radius 2 is 0.724 bits per heavy atom. The lowest BCUT2D eigenvalue weighted by atomic mass is 9.98. The first kappa shape index (κ1) is 73.2. The summed E-state index contributed by atoms with van der Waals surface area (Å²) in [6.07, 6.45) is 3.73. The fourth-order valence-electron chi connectivity index (χ4n) is 13.0. The molecular formula is C86H84FN3O12S3. The van der Waals surface area contributed by atoms with E-state index < -0.39 is 0 Å². The summed E-state index contributed by atoms with van der Waals surface area (Å²) in [6, 6.07) is 58.2. The topological polar surface area (TPSA) is 177 Å². The lowest BCUT2D eigenvalue weighted by Gasteiger charge is -2.38. The summed E-state index contributed by atoms with van der Waals surface area (Å²) in [5.74, 6) is 7.67. The maximum Gasteiger partial charge on any atom is 0.207 e. The Morgan fingerprint density at radius 1 is 0.390 bits per heavy atom. The fourth-order valence-corrected chi connectivity index (χ4v) is 16.4. The molecule has 3 aromatic heterocycles. The van der Waals surface area contributed by atoms with Crippen molar-refractivity contribution < 1.29 is 62.5 Å². The maximum atomic E-state index is 13.6. The van der Waals surface area contributed by atoms with Gasteiger partial charge < -0.3 is 43.7 Å². The van der Waals surface area contributed by atoms with Crippen LogP contribution in [-0.2, 0) is 0 Å². The first-order valence-corrected chi connectivity index (χ1v) is 38.1. The molecule has 3 saturated heterocycles. The van der Waals surface area contributed by atoms with Crippen molar-refractivity contribution >= 4 is 81.6 Å². The molecule has 15 rings (SSSR count). The highest BCUT2D eigenvalue weighted by atomic mass is 32.1. The van der Waals surface area contributed by atoms with E-state index in [4.69, 9.17) is 28.4 Å². The summed E-state index contributed by atoms with van der Waals surface area (Å²) in [7, 11) is 0. The molecule has 0 radical (unpaired) electrons. The molecule has 3 fully saturated rings. The number of thiophene rings is 3. The molecule has 540 valence electrons. The van der Waals surface area contributed by atoms with Crippen molar-refractivity contribution in [2.75, 3.05) is 78.7 Å². The maximum absolute atomic E-state index is 13.6. The minimum Gasteiger partial charge on any atom is -0.508 e. The van der Waals surface area contributed by atoms with E-state index in [9.17, 15) is 34.1 Å². The van der Waals surface area contributed by atoms with Gasteiger partial charge in [-0.25, -0.2) is 4.39 Å². The lowest BCUT2D eigenvalue weighted by molar-refractivity contribution is 0.0806. The highest BCUT2D eigenvalue weighted by Gasteiger charge is 2.30. The van der Waals surface area contributed by atoms with Gasteiger partial charge in [0, 0.05) is 106 Å². The molecule has 0 aliphatic carbocycles. The van der Waals surface area contributed by atoms with Gasteiger partial charge in [0.2, 0.25) is 17.3 Å². The second-order valence-electron chi connectivity index (χ2n) is 26.8. The molecule has 0 saturated carbocycles. The van der Waals surface area contributed by atoms with E-state index in [-0.39, 0.29) is 40.4 Å². The Morgan fingerprint density at radius 3 is 1.08 bits per heavy atom. The van der Waals surface area contributed by atoms with Crippen LogP contribution in [0.2, 0.25) is 0 Å². The smallest absolute Gasteiger partial charge is 0.207 e. The molecule has 0 spiro atoms. The summed E-state index contributed by atoms with van der Waals surface area (Å²) in [5, 5.41) is 32.2. The van der Waals surface area contributed by atoms with Crippen molar-refractivity contribution in [2.45, 2.75) is 53.9 Å². The average molecular weight is 1470 g/mol. The second-order valence-corrected chi connectivity index (χ2v) is 30.0. The minimum atomic E-state index is -0.390. The van der Waals surface area contributed by atoms with Gasteiger partial charge in [0.1, 0.15) is 92.0 Å². The van der Waals surface area contributed by atoms with Crippen molar-refractivity contribution in [1.29, 1.82) is 0 Å². The third-order valence-corrected chi connectivity index (χ3v) is 22.7. The van der Waals surface area contributed by atoms with Crippen LogP contribution in [-0.4, -0.2) is 126 Å². The summed E-state index contributed by atoms with van der Waals surface area (Å²) in [5.41, 5.74) is 3.11. The quantitative estimate of drug-likeness (QED) is 0.0414. The number of nitrogens with zero attached hydrogens (tertiary/aromatic N) is 3. The number of rotatable bonds is 27. The zero-order valence-corrected chi connectivity index (χ0v) is 61.8. The van der Waals surface area contributed by atoms with E-state index in [2.05, 4.69) is 35.5 Å². The highest BCUT2D eigenvalue weighted by Crippen LogP contribution is 2.47. The Balaban J connectivity index is 0.000000140. The summed E-state index contributed by atoms with van der Waals surface area (Å²) >= 11 is 3.90. The van der Waals surface area contributed by atoms with Gasteiger partial charge in [-0.05, 0) is 188 Å². The van der Waals surface area contributed by atoms with Crippen molar-refractivity contribution in [3.05, 3.63) is 248 Å². The Hall–Kier alpha value is -10.1. The second kappa shape index (κ2) is 33.8. The van der Waals surface area contributed by atoms with E-state index in [1.807, 2.05) is 122 Å². The number of hydrogen-bond acceptors (Lipinski definition) is 18. The van der Waals surface area contributed by atoms with Crippen molar-refractivity contribution in [3.8, 4) is 69.0 Å². The predicted octanol–water partition coefficient (Wildman–Crippen LogP) is 19.8. The summed E-state index contributed by atoms with van der Waals surface area (Å²) in [6.45, 7) is 22.1. The molecule has 0 unspecified atom stereocenters. The number of hydrogen-bond donors (Lipinski definition) is 3. The van der Waals surface area contributed by atoms with E-state index in [0.29, 0.717) is 91.2 Å². The summed E-state index contributed by atoms with van der Waals surface area (Å²) < 4.78 is 52.4. The molecule has 12 aromatic rings. The van der Waals surface area contributed by atoms with Crippen LogP contribution in [0.5, 0.6) is 69.0 Å². The number of carbonyl (C=O) groups is 3. The first-order valence-electron chi connectivity index (χ1n) is 35.7. The molecule has 6 heterocycles. The number of benzene rings is 9. The number of phenolic OH excluding ortho intramolecular Hbond substituents is 3. The third-order valence-electron chi connectivity index (χ3n) is 19.4. The highest BCUT2D eigenvalue weighted by molar-refractivity contribution is 7.22. The number of carbonyl (C=O) groups excluding carboxylic acids is 3. The van der Waals surface area contributed by atoms with Crippen molar-refractivity contribution in [2.24, 2.45) is 17.8 Å². The Bertz CT molecular complexity index is 5000. The average Bonchev–Trinajstić information content (AvgIpc) is 1.64. The largest absolute Gasteiger partial charge is 0.508 e. The zero-order chi connectivity index (χ0) is 73.1. The number of aryl methyl sites for hydroxylation is 2. The van der Waals surface area contributed by atoms with Crippen molar-refractivity contribution in [3.63, 3.8) is 0 Å². The standard InChI is InChI=1S/C29H28FNO4S.C29H29NO4S.C28H27NO4S/c1-3-19-16-31(17-19)12-13-34-22-6-8-23(9-7-22)35-28-25-11-5-21(32)15-26(25)36-29(28)27(33)24-10-4-20(30)14-18(24)2;1-3-20-17-30(18-20)14-15-33-22-9-11-23(12-10-22)34-28-25-13-8-21(31)16-26(25)35-29(28)27(32)24-7-5-4-6-19(24)2;1-2-19-17-29(18-19)14-15-32-22-9-11-23(12-10-22)33-27-24-13-8-21(30)16-25(24)34-28(27)26(31)20-6-4-3-5-7-20/h4-11,14-15,19,32H,3,12-13,16-17H2,1-2H3;4-13,16,20,31H,3,14-15,17-18H2,1-2H3;3-13,16,19,30H,2,14-15,17-18H2,1H3. The van der Waals surface area contributed by atoms with Crippen LogP contribution in [0.3, 0.4) is 0 Å². The van der Waals surface area contributed by atoms with Crippen LogP contribution >= 0.6 is 34.0 Å². The van der Waals surface area contributed by atoms with E-state index >= 15 is 0 Å². The normalized spacial score (nSPS) is 14.1. The number of phenols is 3. The fraction of sp³-hybridized carbons (Fsp3) is 0.267. The Kier molecular flexibility index (Phi) is 23.5.